The molecule has 0 unspecified atom stereocenters. The fourth-order valence-corrected chi connectivity index (χ4v) is 3.97. The van der Waals surface area contributed by atoms with Gasteiger partial charge in [0.15, 0.2) is 0 Å². The van der Waals surface area contributed by atoms with Crippen molar-refractivity contribution in [3.8, 4) is 11.8 Å². The van der Waals surface area contributed by atoms with Crippen molar-refractivity contribution in [2.24, 2.45) is 0 Å². The lowest BCUT2D eigenvalue weighted by Gasteiger charge is -2.21. The first kappa shape index (κ1) is 17.1. The van der Waals surface area contributed by atoms with E-state index in [0.717, 1.165) is 26.9 Å². The zero-order valence-corrected chi connectivity index (χ0v) is 15.5. The summed E-state index contributed by atoms with van der Waals surface area (Å²) in [5, 5.41) is 3.30. The molecule has 0 saturated carbocycles. The largest absolute Gasteiger partial charge is 0.353 e. The van der Waals surface area contributed by atoms with Gasteiger partial charge in [0, 0.05) is 15.5 Å². The zero-order valence-electron chi connectivity index (χ0n) is 14.6. The van der Waals surface area contributed by atoms with Crippen molar-refractivity contribution in [1.82, 2.24) is 9.97 Å². The third kappa shape index (κ3) is 3.50. The molecule has 0 atom stereocenters. The Morgan fingerprint density at radius 1 is 1.07 bits per heavy atom. The van der Waals surface area contributed by atoms with Gasteiger partial charge in [-0.15, -0.1) is 5.92 Å². The number of nitrogens with one attached hydrogen (secondary N) is 1. The maximum absolute atomic E-state index is 13.1. The molecular weight excluding hydrogens is 356 g/mol. The van der Waals surface area contributed by atoms with Gasteiger partial charge >= 0.3 is 0 Å². The molecule has 0 spiro atoms. The Morgan fingerprint density at radius 2 is 1.89 bits per heavy atom. The van der Waals surface area contributed by atoms with Crippen LogP contribution in [0.15, 0.2) is 71.0 Å². The Kier molecular flexibility index (Phi) is 4.77. The first-order valence-electron chi connectivity index (χ1n) is 8.40. The van der Waals surface area contributed by atoms with Gasteiger partial charge in [0.1, 0.15) is 6.33 Å². The van der Waals surface area contributed by atoms with E-state index in [9.17, 15) is 4.79 Å². The minimum atomic E-state index is -0.0308. The quantitative estimate of drug-likeness (QED) is 0.693. The molecule has 1 aliphatic heterocycles. The lowest BCUT2D eigenvalue weighted by molar-refractivity contribution is 0.0987. The molecule has 1 aromatic heterocycles. The van der Waals surface area contributed by atoms with Gasteiger partial charge in [0.2, 0.25) is 0 Å². The van der Waals surface area contributed by atoms with Crippen LogP contribution in [0.5, 0.6) is 0 Å². The monoisotopic (exact) mass is 372 g/mol. The fraction of sp³-hybridized carbons (Fsp3) is 0.0952. The van der Waals surface area contributed by atoms with Gasteiger partial charge in [-0.1, -0.05) is 29.8 Å². The van der Waals surface area contributed by atoms with E-state index >= 15 is 0 Å². The molecule has 5 nitrogen and oxygen atoms in total. The summed E-state index contributed by atoms with van der Waals surface area (Å²) >= 11 is 1.59. The van der Waals surface area contributed by atoms with Crippen LogP contribution < -0.4 is 10.2 Å². The van der Waals surface area contributed by atoms with E-state index in [1.807, 2.05) is 42.5 Å². The number of rotatable bonds is 3. The van der Waals surface area contributed by atoms with Gasteiger partial charge in [-0.2, -0.15) is 0 Å². The van der Waals surface area contributed by atoms with Crippen LogP contribution in [0.2, 0.25) is 0 Å². The van der Waals surface area contributed by atoms with E-state index in [0.29, 0.717) is 12.1 Å². The fourth-order valence-electron chi connectivity index (χ4n) is 2.85. The first-order valence-corrected chi connectivity index (χ1v) is 9.22. The number of fused-ring (bicyclic) bond motifs is 2. The molecule has 0 bridgehead atoms. The molecule has 1 aliphatic rings. The summed E-state index contributed by atoms with van der Waals surface area (Å²) in [6.07, 6.45) is 4.93. The van der Waals surface area contributed by atoms with Crippen molar-refractivity contribution in [3.05, 3.63) is 66.7 Å². The van der Waals surface area contributed by atoms with E-state index in [4.69, 9.17) is 0 Å². The number of nitrogens with zero attached hydrogens (tertiary/aromatic N) is 3. The molecule has 6 heteroatoms. The second kappa shape index (κ2) is 7.52. The van der Waals surface area contributed by atoms with Crippen molar-refractivity contribution in [2.75, 3.05) is 16.8 Å². The van der Waals surface area contributed by atoms with Crippen LogP contribution in [-0.2, 0) is 0 Å². The average Bonchev–Trinajstić information content (AvgIpc) is 2.81. The summed E-state index contributed by atoms with van der Waals surface area (Å²) in [6, 6.07) is 13.6. The lowest BCUT2D eigenvalue weighted by Crippen LogP contribution is -2.31. The molecule has 27 heavy (non-hydrogen) atoms. The standard InChI is InChI=1S/C21H16N4OS/c1-2-3-10-25-18-9-8-15(24-16-12-22-14-23-13-16)11-20(18)27-19-7-5-4-6-17(19)21(25)26/h4-9,11-14,24H,10H2,1H3. The van der Waals surface area contributed by atoms with Gasteiger partial charge in [-0.25, -0.2) is 9.97 Å². The maximum atomic E-state index is 13.1. The van der Waals surface area contributed by atoms with Crippen molar-refractivity contribution in [1.29, 1.82) is 0 Å². The van der Waals surface area contributed by atoms with Crippen LogP contribution in [0.25, 0.3) is 0 Å². The molecule has 132 valence electrons. The number of benzene rings is 2. The topological polar surface area (TPSA) is 58.1 Å². The Hall–Kier alpha value is -3.30. The molecule has 4 rings (SSSR count). The minimum absolute atomic E-state index is 0.0308. The third-order valence-electron chi connectivity index (χ3n) is 4.10. The highest BCUT2D eigenvalue weighted by Crippen LogP contribution is 2.42. The van der Waals surface area contributed by atoms with Gasteiger partial charge in [-0.3, -0.25) is 9.69 Å². The molecule has 3 aromatic rings. The van der Waals surface area contributed by atoms with Crippen molar-refractivity contribution in [3.63, 3.8) is 0 Å². The van der Waals surface area contributed by atoms with Crippen LogP contribution >= 0.6 is 11.8 Å². The molecule has 1 N–H and O–H groups in total. The highest BCUT2D eigenvalue weighted by Gasteiger charge is 2.26. The highest BCUT2D eigenvalue weighted by molar-refractivity contribution is 7.99. The van der Waals surface area contributed by atoms with Crippen molar-refractivity contribution < 1.29 is 4.79 Å². The molecule has 2 aromatic carbocycles. The van der Waals surface area contributed by atoms with Crippen LogP contribution in [0.3, 0.4) is 0 Å². The van der Waals surface area contributed by atoms with Crippen molar-refractivity contribution in [2.45, 2.75) is 16.7 Å². The summed E-state index contributed by atoms with van der Waals surface area (Å²) in [6.45, 7) is 2.14. The van der Waals surface area contributed by atoms with E-state index < -0.39 is 0 Å². The Labute approximate surface area is 161 Å². The summed E-state index contributed by atoms with van der Waals surface area (Å²) in [5.74, 6) is 5.86. The summed E-state index contributed by atoms with van der Waals surface area (Å²) in [5.41, 5.74) is 3.27. The summed E-state index contributed by atoms with van der Waals surface area (Å²) < 4.78 is 0. The van der Waals surface area contributed by atoms with E-state index in [1.165, 1.54) is 6.33 Å². The summed E-state index contributed by atoms with van der Waals surface area (Å²) in [7, 11) is 0. The van der Waals surface area contributed by atoms with E-state index in [-0.39, 0.29) is 5.91 Å². The normalized spacial score (nSPS) is 12.3. The van der Waals surface area contributed by atoms with E-state index in [2.05, 4.69) is 27.1 Å². The molecule has 0 radical (unpaired) electrons. The second-order valence-electron chi connectivity index (χ2n) is 5.85. The Morgan fingerprint density at radius 3 is 2.70 bits per heavy atom. The van der Waals surface area contributed by atoms with Crippen molar-refractivity contribution >= 4 is 34.7 Å². The summed E-state index contributed by atoms with van der Waals surface area (Å²) in [4.78, 5) is 24.8. The maximum Gasteiger partial charge on any atom is 0.260 e. The number of aromatic nitrogens is 2. The molecule has 0 saturated heterocycles. The molecule has 0 aliphatic carbocycles. The number of anilines is 3. The van der Waals surface area contributed by atoms with Gasteiger partial charge in [0.25, 0.3) is 5.91 Å². The molecular formula is C21H16N4OS. The third-order valence-corrected chi connectivity index (χ3v) is 5.22. The predicted molar refractivity (Wildman–Crippen MR) is 107 cm³/mol. The van der Waals surface area contributed by atoms with Crippen LogP contribution in [-0.4, -0.2) is 22.4 Å². The highest BCUT2D eigenvalue weighted by atomic mass is 32.2. The second-order valence-corrected chi connectivity index (χ2v) is 6.93. The predicted octanol–water partition coefficient (Wildman–Crippen LogP) is 4.35. The number of carbonyl (C=O) groups is 1. The zero-order chi connectivity index (χ0) is 18.6. The molecule has 1 amide bonds. The molecule has 2 heterocycles. The average molecular weight is 372 g/mol. The number of carbonyl (C=O) groups excluding carboxylic acids is 1. The number of amides is 1. The van der Waals surface area contributed by atoms with Crippen LogP contribution in [0.1, 0.15) is 17.3 Å². The van der Waals surface area contributed by atoms with Gasteiger partial charge < -0.3 is 5.32 Å². The number of hydrogen-bond donors (Lipinski definition) is 1. The Bertz CT molecular complexity index is 1060. The van der Waals surface area contributed by atoms with Gasteiger partial charge in [0.05, 0.1) is 35.9 Å². The number of hydrogen-bond acceptors (Lipinski definition) is 5. The first-order chi connectivity index (χ1) is 13.3. The van der Waals surface area contributed by atoms with Gasteiger partial charge in [-0.05, 0) is 37.3 Å². The SMILES string of the molecule is CC#CCN1C(=O)c2ccccc2Sc2cc(Nc3cncnc3)ccc21. The van der Waals surface area contributed by atoms with Crippen LogP contribution in [0.4, 0.5) is 17.1 Å². The molecule has 0 fully saturated rings. The Balaban J connectivity index is 1.77. The van der Waals surface area contributed by atoms with E-state index in [1.54, 1.807) is 36.0 Å². The van der Waals surface area contributed by atoms with Crippen LogP contribution in [0, 0.1) is 11.8 Å². The lowest BCUT2D eigenvalue weighted by atomic mass is 10.1. The smallest absolute Gasteiger partial charge is 0.260 e. The minimum Gasteiger partial charge on any atom is -0.353 e.